The standard InChI is InChI=1S/C21H16Cl2FN3O2/c1-12-4-6-15(10-18(12)24)26-21(29)19(13-5-7-16(22)17(23)9-13)27-20(28)14-3-2-8-25-11-14/h2-11,19H,1H3,(H,26,29)(H,27,28). The summed E-state index contributed by atoms with van der Waals surface area (Å²) in [6.07, 6.45) is 2.92. The van der Waals surface area contributed by atoms with Gasteiger partial charge in [-0.3, -0.25) is 14.6 Å². The van der Waals surface area contributed by atoms with Crippen LogP contribution in [0.3, 0.4) is 0 Å². The molecule has 1 unspecified atom stereocenters. The topological polar surface area (TPSA) is 71.1 Å². The summed E-state index contributed by atoms with van der Waals surface area (Å²) in [6.45, 7) is 1.62. The van der Waals surface area contributed by atoms with Gasteiger partial charge < -0.3 is 10.6 Å². The molecule has 0 saturated heterocycles. The number of halogens is 3. The molecular weight excluding hydrogens is 416 g/mol. The molecule has 2 aromatic carbocycles. The number of rotatable bonds is 5. The molecule has 0 saturated carbocycles. The molecule has 148 valence electrons. The highest BCUT2D eigenvalue weighted by atomic mass is 35.5. The van der Waals surface area contributed by atoms with Crippen molar-refractivity contribution in [3.8, 4) is 0 Å². The summed E-state index contributed by atoms with van der Waals surface area (Å²) < 4.78 is 13.8. The fraction of sp³-hybridized carbons (Fsp3) is 0.0952. The third-order valence-corrected chi connectivity index (χ3v) is 4.92. The van der Waals surface area contributed by atoms with Gasteiger partial charge >= 0.3 is 0 Å². The Labute approximate surface area is 176 Å². The zero-order chi connectivity index (χ0) is 21.0. The average Bonchev–Trinajstić information content (AvgIpc) is 2.71. The van der Waals surface area contributed by atoms with Gasteiger partial charge in [-0.05, 0) is 54.4 Å². The van der Waals surface area contributed by atoms with E-state index in [0.29, 0.717) is 16.1 Å². The molecule has 5 nitrogen and oxygen atoms in total. The fourth-order valence-electron chi connectivity index (χ4n) is 2.59. The maximum atomic E-state index is 13.8. The highest BCUT2D eigenvalue weighted by Crippen LogP contribution is 2.27. The molecule has 2 N–H and O–H groups in total. The van der Waals surface area contributed by atoms with Gasteiger partial charge in [0.2, 0.25) is 0 Å². The lowest BCUT2D eigenvalue weighted by molar-refractivity contribution is -0.118. The molecule has 0 bridgehead atoms. The molecule has 3 rings (SSSR count). The normalized spacial score (nSPS) is 11.6. The number of hydrogen-bond acceptors (Lipinski definition) is 3. The van der Waals surface area contributed by atoms with Crippen LogP contribution in [-0.4, -0.2) is 16.8 Å². The first-order valence-electron chi connectivity index (χ1n) is 8.58. The first-order chi connectivity index (χ1) is 13.8. The molecule has 0 aliphatic carbocycles. The second-order valence-electron chi connectivity index (χ2n) is 6.27. The summed E-state index contributed by atoms with van der Waals surface area (Å²) in [4.78, 5) is 29.4. The number of carbonyl (C=O) groups is 2. The maximum absolute atomic E-state index is 13.8. The van der Waals surface area contributed by atoms with Gasteiger partial charge in [0.05, 0.1) is 15.6 Å². The first kappa shape index (κ1) is 20.8. The van der Waals surface area contributed by atoms with Crippen molar-refractivity contribution in [2.24, 2.45) is 0 Å². The van der Waals surface area contributed by atoms with Gasteiger partial charge in [-0.1, -0.05) is 35.3 Å². The van der Waals surface area contributed by atoms with Crippen LogP contribution in [0.4, 0.5) is 10.1 Å². The van der Waals surface area contributed by atoms with Gasteiger partial charge in [0.25, 0.3) is 11.8 Å². The number of pyridine rings is 1. The Morgan fingerprint density at radius 1 is 1.07 bits per heavy atom. The zero-order valence-electron chi connectivity index (χ0n) is 15.2. The van der Waals surface area contributed by atoms with E-state index in [1.807, 2.05) is 0 Å². The van der Waals surface area contributed by atoms with Crippen LogP contribution >= 0.6 is 23.2 Å². The van der Waals surface area contributed by atoms with Crippen LogP contribution in [0.5, 0.6) is 0 Å². The van der Waals surface area contributed by atoms with Crippen molar-refractivity contribution in [2.75, 3.05) is 5.32 Å². The van der Waals surface area contributed by atoms with E-state index in [9.17, 15) is 14.0 Å². The van der Waals surface area contributed by atoms with Crippen LogP contribution in [0.1, 0.15) is 27.5 Å². The molecule has 29 heavy (non-hydrogen) atoms. The Hall–Kier alpha value is -2.96. The van der Waals surface area contributed by atoms with Crippen LogP contribution in [0.15, 0.2) is 60.9 Å². The minimum Gasteiger partial charge on any atom is -0.336 e. The summed E-state index contributed by atoms with van der Waals surface area (Å²) in [6, 6.07) is 11.0. The van der Waals surface area contributed by atoms with E-state index >= 15 is 0 Å². The van der Waals surface area contributed by atoms with Gasteiger partial charge in [0.1, 0.15) is 11.9 Å². The van der Waals surface area contributed by atoms with Crippen molar-refractivity contribution >= 4 is 40.7 Å². The molecule has 1 aromatic heterocycles. The molecule has 3 aromatic rings. The number of nitrogens with one attached hydrogen (secondary N) is 2. The molecule has 0 spiro atoms. The number of benzene rings is 2. The molecule has 8 heteroatoms. The molecule has 1 atom stereocenters. The van der Waals surface area contributed by atoms with Gasteiger partial charge in [-0.15, -0.1) is 0 Å². The number of hydrogen-bond donors (Lipinski definition) is 2. The minimum absolute atomic E-state index is 0.235. The van der Waals surface area contributed by atoms with Crippen molar-refractivity contribution in [1.82, 2.24) is 10.3 Å². The average molecular weight is 432 g/mol. The highest BCUT2D eigenvalue weighted by molar-refractivity contribution is 6.42. The lowest BCUT2D eigenvalue weighted by atomic mass is 10.0. The van der Waals surface area contributed by atoms with Crippen LogP contribution in [0.2, 0.25) is 10.0 Å². The summed E-state index contributed by atoms with van der Waals surface area (Å²) in [7, 11) is 0. The Bertz CT molecular complexity index is 1060. The van der Waals surface area contributed by atoms with E-state index in [4.69, 9.17) is 23.2 Å². The monoisotopic (exact) mass is 431 g/mol. The van der Waals surface area contributed by atoms with Crippen molar-refractivity contribution in [3.63, 3.8) is 0 Å². The SMILES string of the molecule is Cc1ccc(NC(=O)C(NC(=O)c2cccnc2)c2ccc(Cl)c(Cl)c2)cc1F. The molecular formula is C21H16Cl2FN3O2. The van der Waals surface area contributed by atoms with Crippen molar-refractivity contribution in [3.05, 3.63) is 93.5 Å². The fourth-order valence-corrected chi connectivity index (χ4v) is 2.90. The molecule has 1 heterocycles. The predicted molar refractivity (Wildman–Crippen MR) is 111 cm³/mol. The van der Waals surface area contributed by atoms with Crippen LogP contribution in [0, 0.1) is 12.7 Å². The lowest BCUT2D eigenvalue weighted by Crippen LogP contribution is -2.37. The molecule has 0 fully saturated rings. The molecule has 0 aliphatic heterocycles. The highest BCUT2D eigenvalue weighted by Gasteiger charge is 2.24. The van der Waals surface area contributed by atoms with Crippen LogP contribution < -0.4 is 10.6 Å². The Balaban J connectivity index is 1.90. The van der Waals surface area contributed by atoms with Gasteiger partial charge in [-0.25, -0.2) is 4.39 Å². The summed E-state index contributed by atoms with van der Waals surface area (Å²) >= 11 is 12.0. The Morgan fingerprint density at radius 2 is 1.86 bits per heavy atom. The van der Waals surface area contributed by atoms with Gasteiger partial charge in [-0.2, -0.15) is 0 Å². The molecule has 0 radical (unpaired) electrons. The Kier molecular flexibility index (Phi) is 6.46. The van der Waals surface area contributed by atoms with E-state index in [0.717, 1.165) is 0 Å². The number of nitrogens with zero attached hydrogens (tertiary/aromatic N) is 1. The van der Waals surface area contributed by atoms with Crippen molar-refractivity contribution in [1.29, 1.82) is 0 Å². The van der Waals surface area contributed by atoms with E-state index in [2.05, 4.69) is 15.6 Å². The van der Waals surface area contributed by atoms with Crippen LogP contribution in [0.25, 0.3) is 0 Å². The summed E-state index contributed by atoms with van der Waals surface area (Å²) in [5, 5.41) is 5.82. The second-order valence-corrected chi connectivity index (χ2v) is 7.09. The number of aromatic nitrogens is 1. The number of carbonyl (C=O) groups excluding carboxylic acids is 2. The van der Waals surface area contributed by atoms with Crippen molar-refractivity contribution in [2.45, 2.75) is 13.0 Å². The van der Waals surface area contributed by atoms with E-state index < -0.39 is 23.7 Å². The maximum Gasteiger partial charge on any atom is 0.253 e. The number of amides is 2. The van der Waals surface area contributed by atoms with E-state index in [-0.39, 0.29) is 16.3 Å². The van der Waals surface area contributed by atoms with Crippen LogP contribution in [-0.2, 0) is 4.79 Å². The summed E-state index contributed by atoms with van der Waals surface area (Å²) in [5.41, 5.74) is 1.42. The lowest BCUT2D eigenvalue weighted by Gasteiger charge is -2.19. The molecule has 2 amide bonds. The largest absolute Gasteiger partial charge is 0.336 e. The third kappa shape index (κ3) is 5.10. The van der Waals surface area contributed by atoms with E-state index in [1.165, 1.54) is 30.6 Å². The minimum atomic E-state index is -1.10. The third-order valence-electron chi connectivity index (χ3n) is 4.18. The Morgan fingerprint density at radius 3 is 2.52 bits per heavy atom. The smallest absolute Gasteiger partial charge is 0.253 e. The number of anilines is 1. The summed E-state index contributed by atoms with van der Waals surface area (Å²) in [5.74, 6) is -1.52. The predicted octanol–water partition coefficient (Wildman–Crippen LogP) is 4.95. The van der Waals surface area contributed by atoms with E-state index in [1.54, 1.807) is 37.3 Å². The zero-order valence-corrected chi connectivity index (χ0v) is 16.8. The quantitative estimate of drug-likeness (QED) is 0.600. The van der Waals surface area contributed by atoms with Gasteiger partial charge in [0, 0.05) is 18.1 Å². The molecule has 0 aliphatic rings. The number of aryl methyl sites for hydroxylation is 1. The second kappa shape index (κ2) is 9.03. The van der Waals surface area contributed by atoms with Crippen molar-refractivity contribution < 1.29 is 14.0 Å². The first-order valence-corrected chi connectivity index (χ1v) is 9.33. The van der Waals surface area contributed by atoms with Gasteiger partial charge in [0.15, 0.2) is 0 Å².